The summed E-state index contributed by atoms with van der Waals surface area (Å²) in [6, 6.07) is 15.1. The highest BCUT2D eigenvalue weighted by atomic mass is 35.5. The summed E-state index contributed by atoms with van der Waals surface area (Å²) >= 11 is 6.14. The lowest BCUT2D eigenvalue weighted by Crippen LogP contribution is -2.41. The highest BCUT2D eigenvalue weighted by Gasteiger charge is 2.22. The van der Waals surface area contributed by atoms with E-state index < -0.39 is 18.2 Å². The Labute approximate surface area is 202 Å². The van der Waals surface area contributed by atoms with E-state index in [2.05, 4.69) is 5.32 Å². The maximum atomic E-state index is 13.1. The van der Waals surface area contributed by atoms with Crippen LogP contribution in [0.25, 0.3) is 0 Å². The molecule has 3 rings (SSSR count). The highest BCUT2D eigenvalue weighted by molar-refractivity contribution is 6.30. The number of pyridine rings is 1. The number of aryl methyl sites for hydroxylation is 2. The van der Waals surface area contributed by atoms with Crippen molar-refractivity contribution in [1.29, 1.82) is 0 Å². The average molecular weight is 483 g/mol. The molecule has 178 valence electrons. The van der Waals surface area contributed by atoms with Crippen molar-refractivity contribution in [3.8, 4) is 0 Å². The van der Waals surface area contributed by atoms with E-state index in [1.165, 1.54) is 29.8 Å². The van der Waals surface area contributed by atoms with Crippen LogP contribution in [0.15, 0.2) is 65.6 Å². The molecule has 34 heavy (non-hydrogen) atoms. The summed E-state index contributed by atoms with van der Waals surface area (Å²) in [5, 5.41) is 22.0. The summed E-state index contributed by atoms with van der Waals surface area (Å²) in [5.74, 6) is -0.973. The van der Waals surface area contributed by atoms with Crippen molar-refractivity contribution < 1.29 is 19.8 Å². The van der Waals surface area contributed by atoms with Gasteiger partial charge in [-0.1, -0.05) is 29.8 Å². The van der Waals surface area contributed by atoms with Crippen molar-refractivity contribution in [1.82, 2.24) is 9.88 Å². The summed E-state index contributed by atoms with van der Waals surface area (Å²) in [6.07, 6.45) is -0.815. The van der Waals surface area contributed by atoms with Gasteiger partial charge < -0.3 is 20.1 Å². The van der Waals surface area contributed by atoms with Crippen molar-refractivity contribution in [3.63, 3.8) is 0 Å². The molecule has 0 spiro atoms. The summed E-state index contributed by atoms with van der Waals surface area (Å²) in [5.41, 5.74) is 3.20. The van der Waals surface area contributed by atoms with Gasteiger partial charge in [-0.3, -0.25) is 14.4 Å². The highest BCUT2D eigenvalue weighted by Crippen LogP contribution is 2.33. The fraction of sp³-hybridized carbons (Fsp3) is 0.269. The molecule has 0 saturated heterocycles. The van der Waals surface area contributed by atoms with Crippen LogP contribution in [0.2, 0.25) is 5.02 Å². The van der Waals surface area contributed by atoms with Crippen LogP contribution >= 0.6 is 11.6 Å². The monoisotopic (exact) mass is 482 g/mol. The second kappa shape index (κ2) is 10.8. The number of carbonyl (C=O) groups excluding carboxylic acids is 2. The summed E-state index contributed by atoms with van der Waals surface area (Å²) in [7, 11) is 1.60. The molecule has 1 heterocycles. The molecule has 0 saturated carbocycles. The first-order valence-electron chi connectivity index (χ1n) is 10.8. The van der Waals surface area contributed by atoms with Crippen molar-refractivity contribution in [2.75, 3.05) is 0 Å². The summed E-state index contributed by atoms with van der Waals surface area (Å²) in [4.78, 5) is 37.2. The predicted molar refractivity (Wildman–Crippen MR) is 130 cm³/mol. The average Bonchev–Trinajstić information content (AvgIpc) is 2.79. The molecule has 0 bridgehead atoms. The number of carbonyl (C=O) groups is 2. The van der Waals surface area contributed by atoms with Crippen LogP contribution in [0.1, 0.15) is 56.7 Å². The van der Waals surface area contributed by atoms with Crippen molar-refractivity contribution in [3.05, 3.63) is 104 Å². The third-order valence-electron chi connectivity index (χ3n) is 5.72. The Morgan fingerprint density at radius 3 is 2.26 bits per heavy atom. The number of ketones is 1. The first-order chi connectivity index (χ1) is 16.1. The van der Waals surface area contributed by atoms with Crippen LogP contribution in [-0.4, -0.2) is 38.8 Å². The van der Waals surface area contributed by atoms with E-state index in [4.69, 9.17) is 11.6 Å². The molecular formula is C26H27ClN2O5. The van der Waals surface area contributed by atoms with Gasteiger partial charge in [0.25, 0.3) is 5.91 Å². The maximum absolute atomic E-state index is 13.1. The van der Waals surface area contributed by atoms with E-state index in [1.54, 1.807) is 37.4 Å². The Bertz CT molecular complexity index is 1250. The number of Topliss-reactive ketones (excluding diaryl/α,β-unsaturated/α-hetero) is 1. The molecule has 1 amide bonds. The molecule has 0 radical (unpaired) electrons. The van der Waals surface area contributed by atoms with Gasteiger partial charge in [-0.05, 0) is 60.9 Å². The predicted octanol–water partition coefficient (Wildman–Crippen LogP) is 3.18. The van der Waals surface area contributed by atoms with Gasteiger partial charge in [0.05, 0.1) is 6.10 Å². The minimum atomic E-state index is -1.38. The lowest BCUT2D eigenvalue weighted by Gasteiger charge is -2.21. The molecule has 7 nitrogen and oxygen atoms in total. The largest absolute Gasteiger partial charge is 0.389 e. The van der Waals surface area contributed by atoms with E-state index in [9.17, 15) is 24.6 Å². The zero-order valence-corrected chi connectivity index (χ0v) is 19.9. The number of hydrogen-bond acceptors (Lipinski definition) is 5. The normalized spacial score (nSPS) is 13.7. The number of benzene rings is 2. The Balaban J connectivity index is 1.94. The van der Waals surface area contributed by atoms with Crippen molar-refractivity contribution in [2.24, 2.45) is 7.05 Å². The topological polar surface area (TPSA) is 109 Å². The molecule has 3 N–H and O–H groups in total. The fourth-order valence-corrected chi connectivity index (χ4v) is 3.93. The number of aliphatic hydroxyl groups is 2. The van der Waals surface area contributed by atoms with E-state index in [0.717, 1.165) is 16.7 Å². The lowest BCUT2D eigenvalue weighted by atomic mass is 9.83. The molecule has 3 unspecified atom stereocenters. The molecule has 0 aliphatic heterocycles. The van der Waals surface area contributed by atoms with Gasteiger partial charge in [-0.25, -0.2) is 0 Å². The number of aliphatic hydroxyl groups excluding tert-OH is 2. The third kappa shape index (κ3) is 5.99. The first-order valence-corrected chi connectivity index (χ1v) is 11.2. The zero-order valence-electron chi connectivity index (χ0n) is 19.2. The van der Waals surface area contributed by atoms with Gasteiger partial charge in [0.1, 0.15) is 0 Å². The zero-order chi connectivity index (χ0) is 25.0. The molecular weight excluding hydrogens is 456 g/mol. The minimum Gasteiger partial charge on any atom is -0.389 e. The minimum absolute atomic E-state index is 0.128. The quantitative estimate of drug-likeness (QED) is 0.337. The Morgan fingerprint density at radius 1 is 1.03 bits per heavy atom. The molecule has 3 aromatic rings. The SMILES string of the molecule is Cc1cc(Cl)ccc1C(CC(=O)c1ccc(=O)n(C)c1)c1ccc(C(=O)NC(O)C(C)O)cc1. The summed E-state index contributed by atoms with van der Waals surface area (Å²) in [6.45, 7) is 3.29. The van der Waals surface area contributed by atoms with Crippen LogP contribution < -0.4 is 10.9 Å². The van der Waals surface area contributed by atoms with Crippen molar-refractivity contribution in [2.45, 2.75) is 38.5 Å². The smallest absolute Gasteiger partial charge is 0.253 e. The molecule has 0 aliphatic carbocycles. The van der Waals surface area contributed by atoms with Crippen LogP contribution in [0.5, 0.6) is 0 Å². The Kier molecular flexibility index (Phi) is 8.04. The van der Waals surface area contributed by atoms with Crippen LogP contribution in [0.3, 0.4) is 0 Å². The molecule has 8 heteroatoms. The number of rotatable bonds is 8. The molecule has 0 aliphatic rings. The van der Waals surface area contributed by atoms with Gasteiger partial charge >= 0.3 is 0 Å². The number of halogens is 1. The van der Waals surface area contributed by atoms with Gasteiger partial charge in [-0.2, -0.15) is 0 Å². The van der Waals surface area contributed by atoms with Crippen molar-refractivity contribution >= 4 is 23.3 Å². The van der Waals surface area contributed by atoms with E-state index >= 15 is 0 Å². The second-order valence-electron chi connectivity index (χ2n) is 8.33. The van der Waals surface area contributed by atoms with E-state index in [0.29, 0.717) is 16.1 Å². The fourth-order valence-electron chi connectivity index (χ4n) is 3.70. The first kappa shape index (κ1) is 25.4. The molecule has 2 aromatic carbocycles. The Morgan fingerprint density at radius 2 is 1.68 bits per heavy atom. The lowest BCUT2D eigenvalue weighted by molar-refractivity contribution is 0.0102. The number of aromatic nitrogens is 1. The van der Waals surface area contributed by atoms with Crippen LogP contribution in [0, 0.1) is 6.92 Å². The molecule has 3 atom stereocenters. The number of nitrogens with one attached hydrogen (secondary N) is 1. The van der Waals surface area contributed by atoms with Gasteiger partial charge in [0.2, 0.25) is 5.56 Å². The van der Waals surface area contributed by atoms with Gasteiger partial charge in [0, 0.05) is 47.8 Å². The second-order valence-corrected chi connectivity index (χ2v) is 8.77. The standard InChI is InChI=1S/C26H27ClN2O5/c1-15-12-20(27)9-10-21(15)22(13-23(31)19-8-11-24(32)29(3)14-19)17-4-6-18(7-5-17)26(34)28-25(33)16(2)30/h4-12,14,16,22,25,30,33H,13H2,1-3H3,(H,28,34). The number of amides is 1. The number of hydrogen-bond donors (Lipinski definition) is 3. The Hall–Kier alpha value is -3.26. The maximum Gasteiger partial charge on any atom is 0.253 e. The third-order valence-corrected chi connectivity index (χ3v) is 5.95. The van der Waals surface area contributed by atoms with E-state index in [1.807, 2.05) is 19.1 Å². The van der Waals surface area contributed by atoms with Crippen LogP contribution in [0.4, 0.5) is 0 Å². The molecule has 1 aromatic heterocycles. The molecule has 0 fully saturated rings. The van der Waals surface area contributed by atoms with Crippen LogP contribution in [-0.2, 0) is 7.05 Å². The van der Waals surface area contributed by atoms with E-state index in [-0.39, 0.29) is 23.7 Å². The summed E-state index contributed by atoms with van der Waals surface area (Å²) < 4.78 is 1.37. The number of nitrogens with zero attached hydrogens (tertiary/aromatic N) is 1. The van der Waals surface area contributed by atoms with Gasteiger partial charge in [0.15, 0.2) is 12.0 Å². The van der Waals surface area contributed by atoms with Gasteiger partial charge in [-0.15, -0.1) is 0 Å².